The summed E-state index contributed by atoms with van der Waals surface area (Å²) in [5.74, 6) is 0.791. The summed E-state index contributed by atoms with van der Waals surface area (Å²) in [4.78, 5) is 17.0. The molecule has 5 heteroatoms. The quantitative estimate of drug-likeness (QED) is 0.837. The molecule has 1 amide bonds. The molecule has 2 fully saturated rings. The van der Waals surface area contributed by atoms with Crippen LogP contribution in [-0.2, 0) is 16.0 Å². The monoisotopic (exact) mass is 350 g/mol. The maximum absolute atomic E-state index is 12.6. The van der Waals surface area contributed by atoms with Crippen LogP contribution in [-0.4, -0.2) is 62.7 Å². The zero-order chi connectivity index (χ0) is 17.2. The second-order valence-corrected chi connectivity index (χ2v) is 7.84. The Labute approximate surface area is 149 Å². The van der Waals surface area contributed by atoms with E-state index in [1.54, 1.807) is 7.11 Å². The molecule has 0 bridgehead atoms. The molecule has 24 heavy (non-hydrogen) atoms. The van der Waals surface area contributed by atoms with Crippen LogP contribution in [0.1, 0.15) is 18.4 Å². The van der Waals surface area contributed by atoms with Crippen molar-refractivity contribution >= 4 is 17.5 Å². The maximum Gasteiger partial charge on any atom is 0.226 e. The fraction of sp³-hybridized carbons (Fsp3) is 0.632. The molecule has 1 atom stereocenters. The minimum atomic E-state index is 0.210. The Morgan fingerprint density at radius 1 is 1.38 bits per heavy atom. The smallest absolute Gasteiger partial charge is 0.226 e. The van der Waals surface area contributed by atoms with E-state index in [2.05, 4.69) is 11.9 Å². The van der Waals surface area contributed by atoms with Crippen LogP contribution in [0.5, 0.6) is 0 Å². The van der Waals surface area contributed by atoms with E-state index < -0.39 is 0 Å². The van der Waals surface area contributed by atoms with Gasteiger partial charge in [0.25, 0.3) is 0 Å². The highest BCUT2D eigenvalue weighted by atomic mass is 35.5. The highest BCUT2D eigenvalue weighted by Crippen LogP contribution is 2.44. The van der Waals surface area contributed by atoms with Crippen LogP contribution in [0.2, 0.25) is 5.02 Å². The van der Waals surface area contributed by atoms with Gasteiger partial charge < -0.3 is 14.5 Å². The fourth-order valence-corrected chi connectivity index (χ4v) is 4.65. The van der Waals surface area contributed by atoms with Crippen molar-refractivity contribution in [3.63, 3.8) is 0 Å². The Morgan fingerprint density at radius 2 is 2.12 bits per heavy atom. The third-order valence-corrected chi connectivity index (χ3v) is 5.94. The molecular weight excluding hydrogens is 324 g/mol. The molecule has 2 aliphatic heterocycles. The van der Waals surface area contributed by atoms with Crippen LogP contribution >= 0.6 is 11.6 Å². The molecule has 0 aliphatic carbocycles. The topological polar surface area (TPSA) is 32.8 Å². The van der Waals surface area contributed by atoms with Crippen molar-refractivity contribution in [3.8, 4) is 0 Å². The largest absolute Gasteiger partial charge is 0.384 e. The Morgan fingerprint density at radius 3 is 2.79 bits per heavy atom. The van der Waals surface area contributed by atoms with Gasteiger partial charge >= 0.3 is 0 Å². The predicted octanol–water partition coefficient (Wildman–Crippen LogP) is 2.70. The molecule has 1 spiro atoms. The summed E-state index contributed by atoms with van der Waals surface area (Å²) in [6.07, 6.45) is 2.59. The average Bonchev–Trinajstić information content (AvgIpc) is 2.83. The molecule has 0 saturated carbocycles. The first kappa shape index (κ1) is 17.7. The molecule has 4 nitrogen and oxygen atoms in total. The number of hydrogen-bond donors (Lipinski definition) is 0. The molecule has 132 valence electrons. The van der Waals surface area contributed by atoms with Crippen molar-refractivity contribution < 1.29 is 9.53 Å². The first-order chi connectivity index (χ1) is 11.5. The summed E-state index contributed by atoms with van der Waals surface area (Å²) in [6, 6.07) is 7.59. The number of carbonyl (C=O) groups is 1. The lowest BCUT2D eigenvalue weighted by molar-refractivity contribution is -0.133. The number of piperidine rings is 1. The number of amides is 1. The number of ether oxygens (including phenoxy) is 1. The van der Waals surface area contributed by atoms with Crippen LogP contribution in [0.15, 0.2) is 24.3 Å². The number of hydrogen-bond acceptors (Lipinski definition) is 3. The Bertz CT molecular complexity index is 584. The van der Waals surface area contributed by atoms with Crippen molar-refractivity contribution in [2.75, 3.05) is 46.9 Å². The Kier molecular flexibility index (Phi) is 5.48. The normalized spacial score (nSPS) is 23.8. The van der Waals surface area contributed by atoms with Gasteiger partial charge in [0.15, 0.2) is 0 Å². The zero-order valence-corrected chi connectivity index (χ0v) is 15.4. The van der Waals surface area contributed by atoms with Crippen LogP contribution in [0.25, 0.3) is 0 Å². The maximum atomic E-state index is 12.6. The van der Waals surface area contributed by atoms with E-state index in [4.69, 9.17) is 16.3 Å². The Balaban J connectivity index is 1.59. The number of halogens is 1. The van der Waals surface area contributed by atoms with E-state index >= 15 is 0 Å². The molecule has 2 saturated heterocycles. The minimum Gasteiger partial charge on any atom is -0.384 e. The summed E-state index contributed by atoms with van der Waals surface area (Å²) < 4.78 is 5.45. The van der Waals surface area contributed by atoms with Gasteiger partial charge in [-0.2, -0.15) is 0 Å². The highest BCUT2D eigenvalue weighted by Gasteiger charge is 2.47. The highest BCUT2D eigenvalue weighted by molar-refractivity contribution is 6.30. The number of benzene rings is 1. The number of rotatable bonds is 4. The first-order valence-electron chi connectivity index (χ1n) is 8.72. The summed E-state index contributed by atoms with van der Waals surface area (Å²) in [6.45, 7) is 4.75. The van der Waals surface area contributed by atoms with Crippen molar-refractivity contribution in [2.45, 2.75) is 19.3 Å². The van der Waals surface area contributed by atoms with Gasteiger partial charge in [-0.3, -0.25) is 4.79 Å². The van der Waals surface area contributed by atoms with Crippen LogP contribution in [0, 0.1) is 11.3 Å². The SMILES string of the molecule is COC[C@H]1CN(C)CC12CCN(C(=O)Cc1cccc(Cl)c1)CC2. The van der Waals surface area contributed by atoms with E-state index in [0.29, 0.717) is 22.8 Å². The van der Waals surface area contributed by atoms with Crippen molar-refractivity contribution in [2.24, 2.45) is 11.3 Å². The van der Waals surface area contributed by atoms with Gasteiger partial charge in [-0.25, -0.2) is 0 Å². The van der Waals surface area contributed by atoms with E-state index in [9.17, 15) is 4.79 Å². The van der Waals surface area contributed by atoms with Gasteiger partial charge in [0.1, 0.15) is 0 Å². The van der Waals surface area contributed by atoms with Crippen molar-refractivity contribution in [3.05, 3.63) is 34.9 Å². The van der Waals surface area contributed by atoms with E-state index in [1.807, 2.05) is 29.2 Å². The van der Waals surface area contributed by atoms with Gasteiger partial charge in [0.2, 0.25) is 5.91 Å². The summed E-state index contributed by atoms with van der Waals surface area (Å²) in [5, 5.41) is 0.689. The molecule has 2 aliphatic rings. The number of likely N-dealkylation sites (tertiary alicyclic amines) is 2. The van der Waals surface area contributed by atoms with Crippen LogP contribution in [0.3, 0.4) is 0 Å². The minimum absolute atomic E-state index is 0.210. The lowest BCUT2D eigenvalue weighted by atomic mass is 9.71. The van der Waals surface area contributed by atoms with Gasteiger partial charge in [-0.1, -0.05) is 23.7 Å². The molecule has 3 rings (SSSR count). The summed E-state index contributed by atoms with van der Waals surface area (Å²) in [7, 11) is 3.98. The van der Waals surface area contributed by atoms with E-state index in [1.165, 1.54) is 0 Å². The number of nitrogens with zero attached hydrogens (tertiary/aromatic N) is 2. The zero-order valence-electron chi connectivity index (χ0n) is 14.6. The Hall–Kier alpha value is -1.10. The van der Waals surface area contributed by atoms with Crippen LogP contribution < -0.4 is 0 Å². The molecule has 2 heterocycles. The third kappa shape index (κ3) is 3.76. The summed E-state index contributed by atoms with van der Waals surface area (Å²) in [5.41, 5.74) is 1.31. The first-order valence-corrected chi connectivity index (χ1v) is 9.10. The van der Waals surface area contributed by atoms with Gasteiger partial charge in [-0.15, -0.1) is 0 Å². The van der Waals surface area contributed by atoms with E-state index in [0.717, 1.165) is 51.2 Å². The lowest BCUT2D eigenvalue weighted by Gasteiger charge is -2.42. The number of methoxy groups -OCH3 is 1. The summed E-state index contributed by atoms with van der Waals surface area (Å²) >= 11 is 6.01. The van der Waals surface area contributed by atoms with Gasteiger partial charge in [0, 0.05) is 44.2 Å². The molecule has 0 radical (unpaired) electrons. The van der Waals surface area contributed by atoms with Gasteiger partial charge in [-0.05, 0) is 43.0 Å². The second-order valence-electron chi connectivity index (χ2n) is 7.40. The lowest BCUT2D eigenvalue weighted by Crippen LogP contribution is -2.47. The average molecular weight is 351 g/mol. The van der Waals surface area contributed by atoms with Crippen molar-refractivity contribution in [1.82, 2.24) is 9.80 Å². The molecule has 0 N–H and O–H groups in total. The number of carbonyl (C=O) groups excluding carboxylic acids is 1. The molecule has 1 aromatic carbocycles. The van der Waals surface area contributed by atoms with E-state index in [-0.39, 0.29) is 5.91 Å². The fourth-order valence-electron chi connectivity index (χ4n) is 4.43. The molecule has 0 unspecified atom stereocenters. The third-order valence-electron chi connectivity index (χ3n) is 5.71. The second kappa shape index (κ2) is 7.42. The predicted molar refractivity (Wildman–Crippen MR) is 96.3 cm³/mol. The van der Waals surface area contributed by atoms with Crippen molar-refractivity contribution in [1.29, 1.82) is 0 Å². The van der Waals surface area contributed by atoms with Gasteiger partial charge in [0.05, 0.1) is 13.0 Å². The molecular formula is C19H27ClN2O2. The standard InChI is InChI=1S/C19H27ClN2O2/c1-21-12-16(13-24-2)19(14-21)6-8-22(9-7-19)18(23)11-15-4-3-5-17(20)10-15/h3-5,10,16H,6-9,11-14H2,1-2H3/t16-/m1/s1. The molecule has 1 aromatic rings. The van der Waals surface area contributed by atoms with Crippen LogP contribution in [0.4, 0.5) is 0 Å². The molecule has 0 aromatic heterocycles.